The highest BCUT2D eigenvalue weighted by Crippen LogP contribution is 2.25. The van der Waals surface area contributed by atoms with Crippen molar-refractivity contribution in [3.63, 3.8) is 0 Å². The number of aromatic nitrogens is 3. The summed E-state index contributed by atoms with van der Waals surface area (Å²) in [4.78, 5) is 0. The van der Waals surface area contributed by atoms with E-state index in [1.54, 1.807) is 0 Å². The van der Waals surface area contributed by atoms with Crippen LogP contribution >= 0.6 is 39.7 Å². The lowest BCUT2D eigenvalue weighted by atomic mass is 10.2. The molecule has 3 rings (SSSR count). The molecular weight excluding hydrogens is 448 g/mol. The van der Waals surface area contributed by atoms with Crippen LogP contribution < -0.4 is 10.2 Å². The molecular formula is C19H20BrClN4OS. The molecule has 0 saturated carbocycles. The molecule has 2 aromatic carbocycles. The predicted octanol–water partition coefficient (Wildman–Crippen LogP) is 5.63. The molecule has 5 nitrogen and oxygen atoms in total. The van der Waals surface area contributed by atoms with Crippen LogP contribution in [0.3, 0.4) is 0 Å². The van der Waals surface area contributed by atoms with Gasteiger partial charge in [0.2, 0.25) is 4.77 Å². The third kappa shape index (κ3) is 5.34. The van der Waals surface area contributed by atoms with Crippen molar-refractivity contribution >= 4 is 39.7 Å². The monoisotopic (exact) mass is 466 g/mol. The van der Waals surface area contributed by atoms with Gasteiger partial charge >= 0.3 is 0 Å². The SMILES string of the molecule is CCCc1n[nH]c(=S)n1NCc1cc(Br)ccc1OCc1cccc(Cl)c1. The number of rotatable bonds is 8. The van der Waals surface area contributed by atoms with Crippen LogP contribution in [0.1, 0.15) is 30.3 Å². The van der Waals surface area contributed by atoms with E-state index < -0.39 is 0 Å². The van der Waals surface area contributed by atoms with E-state index >= 15 is 0 Å². The lowest BCUT2D eigenvalue weighted by molar-refractivity contribution is 0.303. The summed E-state index contributed by atoms with van der Waals surface area (Å²) in [5.74, 6) is 1.69. The molecule has 27 heavy (non-hydrogen) atoms. The molecule has 0 amide bonds. The molecule has 0 unspecified atom stereocenters. The molecule has 0 aliphatic rings. The van der Waals surface area contributed by atoms with Gasteiger partial charge in [0.25, 0.3) is 0 Å². The minimum absolute atomic E-state index is 0.446. The Morgan fingerprint density at radius 3 is 2.93 bits per heavy atom. The average Bonchev–Trinajstić information content (AvgIpc) is 2.99. The molecule has 0 atom stereocenters. The van der Waals surface area contributed by atoms with E-state index in [-0.39, 0.29) is 0 Å². The summed E-state index contributed by atoms with van der Waals surface area (Å²) < 4.78 is 9.39. The maximum atomic E-state index is 6.05. The summed E-state index contributed by atoms with van der Waals surface area (Å²) in [6.45, 7) is 3.11. The van der Waals surface area contributed by atoms with Crippen LogP contribution in [-0.2, 0) is 19.6 Å². The number of ether oxygens (including phenoxy) is 1. The quantitative estimate of drug-likeness (QED) is 0.421. The Hall–Kier alpha value is -1.83. The zero-order valence-electron chi connectivity index (χ0n) is 14.8. The van der Waals surface area contributed by atoms with E-state index in [1.165, 1.54) is 0 Å². The van der Waals surface area contributed by atoms with E-state index in [4.69, 9.17) is 28.6 Å². The Morgan fingerprint density at radius 2 is 2.15 bits per heavy atom. The van der Waals surface area contributed by atoms with E-state index in [9.17, 15) is 0 Å². The fourth-order valence-corrected chi connectivity index (χ4v) is 3.50. The molecule has 2 N–H and O–H groups in total. The zero-order valence-corrected chi connectivity index (χ0v) is 18.0. The molecule has 8 heteroatoms. The standard InChI is InChI=1S/C19H20BrClN4OS/c1-2-4-18-23-24-19(27)25(18)22-11-14-10-15(20)7-8-17(14)26-12-13-5-3-6-16(21)9-13/h3,5-10,22H,2,4,11-12H2,1H3,(H,24,27). The number of benzene rings is 2. The molecule has 0 spiro atoms. The van der Waals surface area contributed by atoms with Crippen molar-refractivity contribution in [3.05, 3.63) is 73.7 Å². The van der Waals surface area contributed by atoms with Crippen molar-refractivity contribution in [3.8, 4) is 5.75 Å². The summed E-state index contributed by atoms with van der Waals surface area (Å²) in [6, 6.07) is 13.6. The molecule has 142 valence electrons. The highest BCUT2D eigenvalue weighted by atomic mass is 79.9. The number of aromatic amines is 1. The number of halogens is 2. The summed E-state index contributed by atoms with van der Waals surface area (Å²) in [5, 5.41) is 7.81. The van der Waals surface area contributed by atoms with Gasteiger partial charge in [-0.25, -0.2) is 4.68 Å². The maximum absolute atomic E-state index is 6.05. The summed E-state index contributed by atoms with van der Waals surface area (Å²) in [6.07, 6.45) is 1.84. The highest BCUT2D eigenvalue weighted by molar-refractivity contribution is 9.10. The molecule has 1 heterocycles. The van der Waals surface area contributed by atoms with Crippen molar-refractivity contribution in [1.82, 2.24) is 14.9 Å². The summed E-state index contributed by atoms with van der Waals surface area (Å²) in [7, 11) is 0. The fourth-order valence-electron chi connectivity index (χ4n) is 2.66. The number of hydrogen-bond acceptors (Lipinski definition) is 4. The van der Waals surface area contributed by atoms with Gasteiger partial charge < -0.3 is 10.2 Å². The zero-order chi connectivity index (χ0) is 19.2. The number of nitrogens with one attached hydrogen (secondary N) is 2. The van der Waals surface area contributed by atoms with Crippen LogP contribution in [-0.4, -0.2) is 14.9 Å². The molecule has 0 bridgehead atoms. The first-order valence-electron chi connectivity index (χ1n) is 8.62. The van der Waals surface area contributed by atoms with Crippen LogP contribution in [0.4, 0.5) is 0 Å². The molecule has 0 aliphatic carbocycles. The summed E-state index contributed by atoms with van der Waals surface area (Å²) >= 11 is 14.9. The van der Waals surface area contributed by atoms with E-state index in [0.717, 1.165) is 40.0 Å². The van der Waals surface area contributed by atoms with Gasteiger partial charge in [-0.15, -0.1) is 0 Å². The number of H-pyrrole nitrogens is 1. The lowest BCUT2D eigenvalue weighted by Crippen LogP contribution is -2.18. The van der Waals surface area contributed by atoms with Crippen LogP contribution in [0.2, 0.25) is 5.02 Å². The smallest absolute Gasteiger partial charge is 0.214 e. The van der Waals surface area contributed by atoms with Gasteiger partial charge in [0.05, 0.1) is 6.54 Å². The fraction of sp³-hybridized carbons (Fsp3) is 0.263. The highest BCUT2D eigenvalue weighted by Gasteiger charge is 2.09. The second-order valence-electron chi connectivity index (χ2n) is 6.04. The Bertz CT molecular complexity index is 972. The van der Waals surface area contributed by atoms with E-state index in [2.05, 4.69) is 38.5 Å². The van der Waals surface area contributed by atoms with Crippen LogP contribution in [0.5, 0.6) is 5.75 Å². The van der Waals surface area contributed by atoms with Crippen molar-refractivity contribution in [2.75, 3.05) is 5.43 Å². The Balaban J connectivity index is 1.74. The first-order valence-corrected chi connectivity index (χ1v) is 10.2. The minimum Gasteiger partial charge on any atom is -0.489 e. The van der Waals surface area contributed by atoms with E-state index in [0.29, 0.717) is 22.9 Å². The Kier molecular flexibility index (Phi) is 6.93. The van der Waals surface area contributed by atoms with E-state index in [1.807, 2.05) is 47.1 Å². The Morgan fingerprint density at radius 1 is 1.30 bits per heavy atom. The molecule has 0 fully saturated rings. The molecule has 0 saturated heterocycles. The average molecular weight is 468 g/mol. The topological polar surface area (TPSA) is 54.9 Å². The number of nitrogens with zero attached hydrogens (tertiary/aromatic N) is 2. The second-order valence-corrected chi connectivity index (χ2v) is 7.77. The first kappa shape index (κ1) is 19.9. The molecule has 1 aromatic heterocycles. The largest absolute Gasteiger partial charge is 0.489 e. The van der Waals surface area contributed by atoms with Gasteiger partial charge in [-0.05, 0) is 54.5 Å². The lowest BCUT2D eigenvalue weighted by Gasteiger charge is -2.15. The van der Waals surface area contributed by atoms with Crippen LogP contribution in [0.25, 0.3) is 0 Å². The first-order chi connectivity index (χ1) is 13.1. The van der Waals surface area contributed by atoms with Gasteiger partial charge in [-0.1, -0.05) is 46.6 Å². The minimum atomic E-state index is 0.446. The third-order valence-electron chi connectivity index (χ3n) is 3.95. The Labute approximate surface area is 176 Å². The number of hydrogen-bond donors (Lipinski definition) is 2. The number of aryl methyl sites for hydroxylation is 1. The molecule has 0 radical (unpaired) electrons. The molecule has 3 aromatic rings. The predicted molar refractivity (Wildman–Crippen MR) is 114 cm³/mol. The second kappa shape index (κ2) is 9.39. The third-order valence-corrected chi connectivity index (χ3v) is 4.95. The van der Waals surface area contributed by atoms with Gasteiger partial charge in [-0.3, -0.25) is 5.10 Å². The van der Waals surface area contributed by atoms with Gasteiger partial charge in [0, 0.05) is 21.5 Å². The van der Waals surface area contributed by atoms with Crippen LogP contribution in [0, 0.1) is 4.77 Å². The van der Waals surface area contributed by atoms with Gasteiger partial charge in [-0.2, -0.15) is 5.10 Å². The van der Waals surface area contributed by atoms with Gasteiger partial charge in [0.15, 0.2) is 5.82 Å². The van der Waals surface area contributed by atoms with Crippen LogP contribution in [0.15, 0.2) is 46.9 Å². The summed E-state index contributed by atoms with van der Waals surface area (Å²) in [5.41, 5.74) is 5.37. The molecule has 0 aliphatic heterocycles. The normalized spacial score (nSPS) is 10.8. The van der Waals surface area contributed by atoms with Crippen molar-refractivity contribution in [2.24, 2.45) is 0 Å². The van der Waals surface area contributed by atoms with Crippen molar-refractivity contribution < 1.29 is 4.74 Å². The maximum Gasteiger partial charge on any atom is 0.214 e. The van der Waals surface area contributed by atoms with Gasteiger partial charge in [0.1, 0.15) is 12.4 Å². The van der Waals surface area contributed by atoms with Crippen molar-refractivity contribution in [1.29, 1.82) is 0 Å². The van der Waals surface area contributed by atoms with Crippen molar-refractivity contribution in [2.45, 2.75) is 32.9 Å².